The molecule has 15 heavy (non-hydrogen) atoms. The van der Waals surface area contributed by atoms with Gasteiger partial charge in [-0.1, -0.05) is 49.0 Å². The summed E-state index contributed by atoms with van der Waals surface area (Å²) in [5.41, 5.74) is 4.15. The van der Waals surface area contributed by atoms with Crippen LogP contribution in [0.2, 0.25) is 0 Å². The zero-order chi connectivity index (χ0) is 10.3. The van der Waals surface area contributed by atoms with E-state index in [0.717, 1.165) is 11.6 Å². The molecule has 0 spiro atoms. The molecule has 3 rings (SSSR count). The summed E-state index contributed by atoms with van der Waals surface area (Å²) in [6.45, 7) is 3.97. The first-order chi connectivity index (χ1) is 7.33. The lowest BCUT2D eigenvalue weighted by atomic mass is 9.92. The van der Waals surface area contributed by atoms with E-state index in [1.54, 1.807) is 0 Å². The van der Waals surface area contributed by atoms with Crippen molar-refractivity contribution >= 4 is 12.7 Å². The first-order valence-corrected chi connectivity index (χ1v) is 5.20. The number of benzene rings is 2. The minimum absolute atomic E-state index is 1.03. The van der Waals surface area contributed by atoms with Gasteiger partial charge in [-0.3, -0.25) is 0 Å². The number of hydrogen-bond donors (Lipinski definition) is 0. The average Bonchev–Trinajstić information content (AvgIpc) is 2.26. The molecule has 2 aromatic rings. The molecular formula is C15H12. The first kappa shape index (κ1) is 8.49. The lowest BCUT2D eigenvalue weighted by Crippen LogP contribution is -2.18. The molecule has 0 heteroatoms. The maximum absolute atomic E-state index is 3.97. The summed E-state index contributed by atoms with van der Waals surface area (Å²) < 4.78 is 0. The highest BCUT2D eigenvalue weighted by Gasteiger charge is 2.07. The maximum atomic E-state index is 3.97. The minimum atomic E-state index is 1.03. The molecule has 0 fully saturated rings. The van der Waals surface area contributed by atoms with Crippen LogP contribution in [0.15, 0.2) is 42.5 Å². The van der Waals surface area contributed by atoms with Gasteiger partial charge in [0.05, 0.1) is 0 Å². The van der Waals surface area contributed by atoms with E-state index in [9.17, 15) is 0 Å². The highest BCUT2D eigenvalue weighted by Crippen LogP contribution is 2.16. The summed E-state index contributed by atoms with van der Waals surface area (Å²) in [6.07, 6.45) is 3.29. The number of rotatable bonds is 0. The molecular weight excluding hydrogens is 180 g/mol. The second-order valence-corrected chi connectivity index (χ2v) is 4.05. The molecule has 0 N–H and O–H groups in total. The molecule has 0 atom stereocenters. The van der Waals surface area contributed by atoms with Gasteiger partial charge in [-0.2, -0.15) is 0 Å². The molecule has 2 aromatic carbocycles. The van der Waals surface area contributed by atoms with E-state index in [-0.39, 0.29) is 0 Å². The van der Waals surface area contributed by atoms with Gasteiger partial charge >= 0.3 is 0 Å². The largest absolute Gasteiger partial charge is 0.0918 e. The van der Waals surface area contributed by atoms with Crippen molar-refractivity contribution < 1.29 is 0 Å². The fourth-order valence-corrected chi connectivity index (χ4v) is 2.16. The SMILES string of the molecule is C=c1ccc2c(c1)Cc1ccccc1C=2. The fraction of sp³-hybridized carbons (Fsp3) is 0.0667. The Kier molecular flexibility index (Phi) is 1.75. The molecule has 72 valence electrons. The van der Waals surface area contributed by atoms with E-state index in [1.807, 2.05) is 0 Å². The molecule has 0 bridgehead atoms. The van der Waals surface area contributed by atoms with Crippen LogP contribution < -0.4 is 10.4 Å². The number of fused-ring (bicyclic) bond motifs is 2. The van der Waals surface area contributed by atoms with Crippen LogP contribution in [0.5, 0.6) is 0 Å². The normalized spacial score (nSPS) is 12.5. The average molecular weight is 192 g/mol. The zero-order valence-electron chi connectivity index (χ0n) is 8.53. The molecule has 0 unspecified atom stereocenters. The molecule has 1 aliphatic rings. The fourth-order valence-electron chi connectivity index (χ4n) is 2.16. The molecule has 1 aliphatic carbocycles. The summed E-state index contributed by atoms with van der Waals surface area (Å²) in [7, 11) is 0. The van der Waals surface area contributed by atoms with Crippen molar-refractivity contribution in [3.05, 3.63) is 69.6 Å². The Hall–Kier alpha value is -1.82. The van der Waals surface area contributed by atoms with E-state index in [1.165, 1.54) is 21.9 Å². The summed E-state index contributed by atoms with van der Waals surface area (Å²) in [5, 5.41) is 2.43. The third kappa shape index (κ3) is 1.39. The van der Waals surface area contributed by atoms with Crippen molar-refractivity contribution in [1.82, 2.24) is 0 Å². The molecule has 0 aliphatic heterocycles. The van der Waals surface area contributed by atoms with Gasteiger partial charge in [-0.25, -0.2) is 0 Å². The van der Waals surface area contributed by atoms with Gasteiger partial charge in [-0.15, -0.1) is 0 Å². The van der Waals surface area contributed by atoms with E-state index in [0.29, 0.717) is 0 Å². The van der Waals surface area contributed by atoms with Crippen molar-refractivity contribution in [3.63, 3.8) is 0 Å². The van der Waals surface area contributed by atoms with E-state index < -0.39 is 0 Å². The monoisotopic (exact) mass is 192 g/mol. The Balaban J connectivity index is 2.33. The van der Waals surface area contributed by atoms with Gasteiger partial charge in [-0.05, 0) is 39.6 Å². The second-order valence-electron chi connectivity index (χ2n) is 4.05. The highest BCUT2D eigenvalue weighted by molar-refractivity contribution is 5.59. The van der Waals surface area contributed by atoms with Crippen molar-refractivity contribution in [2.45, 2.75) is 6.42 Å². The summed E-state index contributed by atoms with van der Waals surface area (Å²) in [6, 6.07) is 15.0. The molecule has 0 saturated heterocycles. The summed E-state index contributed by atoms with van der Waals surface area (Å²) in [4.78, 5) is 0. The van der Waals surface area contributed by atoms with Gasteiger partial charge in [0.2, 0.25) is 0 Å². The number of hydrogen-bond acceptors (Lipinski definition) is 0. The van der Waals surface area contributed by atoms with Crippen molar-refractivity contribution in [3.8, 4) is 0 Å². The van der Waals surface area contributed by atoms with Crippen LogP contribution in [0.3, 0.4) is 0 Å². The summed E-state index contributed by atoms with van der Waals surface area (Å²) in [5.74, 6) is 0. The predicted octanol–water partition coefficient (Wildman–Crippen LogP) is 1.83. The Labute approximate surface area is 89.2 Å². The highest BCUT2D eigenvalue weighted by atomic mass is 14.1. The standard InChI is InChI=1S/C15H12/c1-11-6-7-14-9-12-4-2-3-5-13(12)10-15(14)8-11/h2-9H,1,10H2. The van der Waals surface area contributed by atoms with Gasteiger partial charge in [0.15, 0.2) is 0 Å². The molecule has 0 heterocycles. The molecule has 0 aromatic heterocycles. The van der Waals surface area contributed by atoms with Crippen LogP contribution in [0.25, 0.3) is 12.7 Å². The van der Waals surface area contributed by atoms with Crippen molar-refractivity contribution in [1.29, 1.82) is 0 Å². The van der Waals surface area contributed by atoms with Crippen LogP contribution in [0, 0.1) is 0 Å². The Morgan fingerprint density at radius 2 is 1.80 bits per heavy atom. The van der Waals surface area contributed by atoms with Gasteiger partial charge in [0.1, 0.15) is 0 Å². The van der Waals surface area contributed by atoms with Gasteiger partial charge < -0.3 is 0 Å². The van der Waals surface area contributed by atoms with Crippen LogP contribution in [0.4, 0.5) is 0 Å². The van der Waals surface area contributed by atoms with Gasteiger partial charge in [0.25, 0.3) is 0 Å². The Bertz CT molecular complexity index is 621. The van der Waals surface area contributed by atoms with Crippen LogP contribution >= 0.6 is 0 Å². The predicted molar refractivity (Wildman–Crippen MR) is 64.0 cm³/mol. The van der Waals surface area contributed by atoms with Crippen molar-refractivity contribution in [2.75, 3.05) is 0 Å². The maximum Gasteiger partial charge on any atom is -0.00137 e. The Morgan fingerprint density at radius 3 is 2.73 bits per heavy atom. The van der Waals surface area contributed by atoms with E-state index in [2.05, 4.69) is 55.1 Å². The third-order valence-electron chi connectivity index (χ3n) is 2.95. The lowest BCUT2D eigenvalue weighted by Gasteiger charge is -2.12. The van der Waals surface area contributed by atoms with Gasteiger partial charge in [0, 0.05) is 0 Å². The van der Waals surface area contributed by atoms with Crippen LogP contribution in [0.1, 0.15) is 16.7 Å². The van der Waals surface area contributed by atoms with E-state index in [4.69, 9.17) is 0 Å². The molecule has 0 nitrogen and oxygen atoms in total. The van der Waals surface area contributed by atoms with Crippen LogP contribution in [-0.2, 0) is 6.42 Å². The lowest BCUT2D eigenvalue weighted by molar-refractivity contribution is 1.14. The molecule has 0 amide bonds. The molecule has 0 radical (unpaired) electrons. The van der Waals surface area contributed by atoms with Crippen LogP contribution in [-0.4, -0.2) is 0 Å². The molecule has 0 saturated carbocycles. The van der Waals surface area contributed by atoms with E-state index >= 15 is 0 Å². The third-order valence-corrected chi connectivity index (χ3v) is 2.95. The first-order valence-electron chi connectivity index (χ1n) is 5.20. The Morgan fingerprint density at radius 1 is 0.933 bits per heavy atom. The smallest absolute Gasteiger partial charge is 0.00137 e. The zero-order valence-corrected chi connectivity index (χ0v) is 8.53. The van der Waals surface area contributed by atoms with Crippen molar-refractivity contribution in [2.24, 2.45) is 0 Å². The topological polar surface area (TPSA) is 0 Å². The second kappa shape index (κ2) is 3.09. The quantitative estimate of drug-likeness (QED) is 0.510. The minimum Gasteiger partial charge on any atom is -0.0918 e. The summed E-state index contributed by atoms with van der Waals surface area (Å²) >= 11 is 0.